The van der Waals surface area contributed by atoms with Crippen LogP contribution in [-0.2, 0) is 0 Å². The van der Waals surface area contributed by atoms with Crippen LogP contribution in [0, 0.1) is 11.8 Å². The number of hydrogen-bond acceptors (Lipinski definition) is 1. The Bertz CT molecular complexity index is 394. The fraction of sp³-hybridized carbons (Fsp3) is 0.571. The molecule has 0 bridgehead atoms. The Balaban J connectivity index is 1.99. The highest BCUT2D eigenvalue weighted by Crippen LogP contribution is 2.32. The normalized spacial score (nSPS) is 29.1. The Hall–Kier alpha value is -0.210. The monoisotopic (exact) mass is 315 g/mol. The molecule has 2 rings (SSSR count). The van der Waals surface area contributed by atoms with E-state index in [-0.39, 0.29) is 0 Å². The molecule has 3 heteroatoms. The predicted octanol–water partition coefficient (Wildman–Crippen LogP) is 5.34. The average molecular weight is 317 g/mol. The number of rotatable bonds is 2. The van der Waals surface area contributed by atoms with Crippen LogP contribution in [-0.4, -0.2) is 6.04 Å². The quantitative estimate of drug-likeness (QED) is 0.776. The van der Waals surface area contributed by atoms with Crippen molar-refractivity contribution in [2.24, 2.45) is 11.8 Å². The Labute approximate surface area is 117 Å². The molecule has 1 N–H and O–H groups in total. The van der Waals surface area contributed by atoms with E-state index in [0.717, 1.165) is 27.0 Å². The van der Waals surface area contributed by atoms with Crippen molar-refractivity contribution in [1.29, 1.82) is 0 Å². The van der Waals surface area contributed by atoms with Crippen LogP contribution < -0.4 is 5.32 Å². The molecule has 1 aliphatic rings. The van der Waals surface area contributed by atoms with Gasteiger partial charge in [-0.3, -0.25) is 0 Å². The van der Waals surface area contributed by atoms with E-state index in [1.807, 2.05) is 12.1 Å². The van der Waals surface area contributed by atoms with Gasteiger partial charge in [0.05, 0.1) is 5.02 Å². The van der Waals surface area contributed by atoms with Crippen molar-refractivity contribution in [1.82, 2.24) is 0 Å². The summed E-state index contributed by atoms with van der Waals surface area (Å²) < 4.78 is 0.954. The van der Waals surface area contributed by atoms with Crippen molar-refractivity contribution < 1.29 is 0 Å². The summed E-state index contributed by atoms with van der Waals surface area (Å²) >= 11 is 9.51. The Kier molecular flexibility index (Phi) is 4.37. The summed E-state index contributed by atoms with van der Waals surface area (Å²) in [7, 11) is 0. The summed E-state index contributed by atoms with van der Waals surface area (Å²) in [5.41, 5.74) is 1.13. The molecule has 0 radical (unpaired) electrons. The maximum Gasteiger partial charge on any atom is 0.0568 e. The zero-order chi connectivity index (χ0) is 12.4. The lowest BCUT2D eigenvalue weighted by Gasteiger charge is -2.33. The lowest BCUT2D eigenvalue weighted by molar-refractivity contribution is 0.261. The smallest absolute Gasteiger partial charge is 0.0568 e. The molecule has 1 aromatic carbocycles. The fourth-order valence-corrected chi connectivity index (χ4v) is 2.93. The first kappa shape index (κ1) is 13.2. The summed E-state index contributed by atoms with van der Waals surface area (Å²) in [4.78, 5) is 0. The third-order valence-electron chi connectivity index (χ3n) is 3.89. The zero-order valence-corrected chi connectivity index (χ0v) is 12.7. The molecule has 3 unspecified atom stereocenters. The standard InChI is InChI=1S/C14H19BrClN/c1-9-3-4-11(7-10(9)2)17-12-5-6-13(15)14(16)8-12/h5-6,8-11,17H,3-4,7H2,1-2H3. The molecule has 0 heterocycles. The highest BCUT2D eigenvalue weighted by Gasteiger charge is 2.24. The van der Waals surface area contributed by atoms with Crippen LogP contribution in [0.4, 0.5) is 5.69 Å². The second-order valence-corrected chi connectivity index (χ2v) is 6.50. The molecule has 17 heavy (non-hydrogen) atoms. The van der Waals surface area contributed by atoms with Crippen molar-refractivity contribution in [3.05, 3.63) is 27.7 Å². The van der Waals surface area contributed by atoms with Crippen molar-refractivity contribution in [2.75, 3.05) is 5.32 Å². The Morgan fingerprint density at radius 3 is 2.65 bits per heavy atom. The van der Waals surface area contributed by atoms with Gasteiger partial charge in [0.2, 0.25) is 0 Å². The maximum atomic E-state index is 6.10. The third kappa shape index (κ3) is 3.38. The van der Waals surface area contributed by atoms with E-state index in [9.17, 15) is 0 Å². The molecule has 0 spiro atoms. The molecular weight excluding hydrogens is 298 g/mol. The van der Waals surface area contributed by atoms with Gasteiger partial charge < -0.3 is 5.32 Å². The molecule has 94 valence electrons. The molecular formula is C14H19BrClN. The van der Waals surface area contributed by atoms with Crippen LogP contribution in [0.25, 0.3) is 0 Å². The van der Waals surface area contributed by atoms with Gasteiger partial charge in [0.25, 0.3) is 0 Å². The Morgan fingerprint density at radius 2 is 2.00 bits per heavy atom. The number of halogens is 2. The molecule has 1 aliphatic carbocycles. The van der Waals surface area contributed by atoms with E-state index in [2.05, 4.69) is 41.2 Å². The van der Waals surface area contributed by atoms with Gasteiger partial charge in [-0.2, -0.15) is 0 Å². The lowest BCUT2D eigenvalue weighted by Crippen LogP contribution is -2.30. The van der Waals surface area contributed by atoms with E-state index in [0.29, 0.717) is 6.04 Å². The second kappa shape index (κ2) is 5.62. The fourth-order valence-electron chi connectivity index (χ4n) is 2.50. The summed E-state index contributed by atoms with van der Waals surface area (Å²) in [5, 5.41) is 4.37. The van der Waals surface area contributed by atoms with E-state index >= 15 is 0 Å². The minimum Gasteiger partial charge on any atom is -0.382 e. The van der Waals surface area contributed by atoms with Gasteiger partial charge in [0.1, 0.15) is 0 Å². The van der Waals surface area contributed by atoms with Crippen LogP contribution in [0.5, 0.6) is 0 Å². The number of benzene rings is 1. The molecule has 3 atom stereocenters. The van der Waals surface area contributed by atoms with Gasteiger partial charge in [-0.15, -0.1) is 0 Å². The molecule has 1 aromatic rings. The SMILES string of the molecule is CC1CCC(Nc2ccc(Br)c(Cl)c2)CC1C. The zero-order valence-electron chi connectivity index (χ0n) is 10.3. The van der Waals surface area contributed by atoms with Gasteiger partial charge in [-0.25, -0.2) is 0 Å². The first-order valence-electron chi connectivity index (χ1n) is 6.28. The van der Waals surface area contributed by atoms with Crippen LogP contribution in [0.15, 0.2) is 22.7 Å². The summed E-state index contributed by atoms with van der Waals surface area (Å²) in [5.74, 6) is 1.67. The van der Waals surface area contributed by atoms with Crippen LogP contribution in [0.3, 0.4) is 0 Å². The van der Waals surface area contributed by atoms with Crippen LogP contribution in [0.2, 0.25) is 5.02 Å². The average Bonchev–Trinajstić information content (AvgIpc) is 2.29. The molecule has 0 aliphatic heterocycles. The minimum atomic E-state index is 0.596. The van der Waals surface area contributed by atoms with Gasteiger partial charge in [-0.05, 0) is 65.2 Å². The van der Waals surface area contributed by atoms with Crippen LogP contribution >= 0.6 is 27.5 Å². The minimum absolute atomic E-state index is 0.596. The Morgan fingerprint density at radius 1 is 1.24 bits per heavy atom. The van der Waals surface area contributed by atoms with Gasteiger partial charge in [-0.1, -0.05) is 25.4 Å². The van der Waals surface area contributed by atoms with E-state index < -0.39 is 0 Å². The topological polar surface area (TPSA) is 12.0 Å². The summed E-state index contributed by atoms with van der Waals surface area (Å²) in [6.07, 6.45) is 3.84. The van der Waals surface area contributed by atoms with Crippen molar-refractivity contribution >= 4 is 33.2 Å². The highest BCUT2D eigenvalue weighted by atomic mass is 79.9. The molecule has 0 saturated heterocycles. The van der Waals surface area contributed by atoms with Crippen molar-refractivity contribution in [3.63, 3.8) is 0 Å². The molecule has 1 fully saturated rings. The largest absolute Gasteiger partial charge is 0.382 e. The molecule has 1 saturated carbocycles. The summed E-state index contributed by atoms with van der Waals surface area (Å²) in [6, 6.07) is 6.67. The number of nitrogens with one attached hydrogen (secondary N) is 1. The maximum absolute atomic E-state index is 6.10. The van der Waals surface area contributed by atoms with Crippen molar-refractivity contribution in [2.45, 2.75) is 39.2 Å². The molecule has 1 nitrogen and oxygen atoms in total. The predicted molar refractivity (Wildman–Crippen MR) is 78.7 cm³/mol. The van der Waals surface area contributed by atoms with E-state index in [1.54, 1.807) is 0 Å². The van der Waals surface area contributed by atoms with Crippen LogP contribution in [0.1, 0.15) is 33.1 Å². The molecule has 0 aromatic heterocycles. The van der Waals surface area contributed by atoms with E-state index in [1.165, 1.54) is 19.3 Å². The first-order chi connectivity index (χ1) is 8.06. The summed E-state index contributed by atoms with van der Waals surface area (Å²) in [6.45, 7) is 4.71. The van der Waals surface area contributed by atoms with Gasteiger partial charge in [0, 0.05) is 16.2 Å². The van der Waals surface area contributed by atoms with Crippen molar-refractivity contribution in [3.8, 4) is 0 Å². The molecule has 0 amide bonds. The lowest BCUT2D eigenvalue weighted by atomic mass is 9.79. The third-order valence-corrected chi connectivity index (χ3v) is 5.12. The first-order valence-corrected chi connectivity index (χ1v) is 7.45. The number of hydrogen-bond donors (Lipinski definition) is 1. The highest BCUT2D eigenvalue weighted by molar-refractivity contribution is 9.10. The van der Waals surface area contributed by atoms with Gasteiger partial charge in [0.15, 0.2) is 0 Å². The van der Waals surface area contributed by atoms with E-state index in [4.69, 9.17) is 11.6 Å². The van der Waals surface area contributed by atoms with Gasteiger partial charge >= 0.3 is 0 Å². The second-order valence-electron chi connectivity index (χ2n) is 5.24. The number of anilines is 1.